The van der Waals surface area contributed by atoms with Crippen LogP contribution in [0.15, 0.2) is 36.8 Å². The monoisotopic (exact) mass is 368 g/mol. The zero-order valence-corrected chi connectivity index (χ0v) is 15.0. The van der Waals surface area contributed by atoms with Crippen LogP contribution in [-0.2, 0) is 0 Å². The number of benzene rings is 1. The zero-order valence-electron chi connectivity index (χ0n) is 15.0. The number of halogens is 1. The molecule has 3 aromatic rings. The first-order valence-electron chi connectivity index (χ1n) is 9.01. The van der Waals surface area contributed by atoms with E-state index in [1.165, 1.54) is 0 Å². The molecule has 1 aliphatic rings. The summed E-state index contributed by atoms with van der Waals surface area (Å²) in [5, 5.41) is 25.4. The van der Waals surface area contributed by atoms with Crippen molar-refractivity contribution in [2.75, 3.05) is 11.9 Å². The van der Waals surface area contributed by atoms with Crippen LogP contribution in [0, 0.1) is 0 Å². The summed E-state index contributed by atoms with van der Waals surface area (Å²) in [4.78, 5) is 6.29. The molecule has 1 saturated carbocycles. The van der Waals surface area contributed by atoms with Gasteiger partial charge in [0, 0.05) is 24.8 Å². The number of phenols is 1. The summed E-state index contributed by atoms with van der Waals surface area (Å²) >= 11 is 0. The van der Waals surface area contributed by atoms with E-state index in [2.05, 4.69) is 25.4 Å². The molecule has 140 valence electrons. The van der Waals surface area contributed by atoms with Crippen molar-refractivity contribution in [3.05, 3.63) is 36.8 Å². The van der Waals surface area contributed by atoms with Gasteiger partial charge in [0.15, 0.2) is 11.6 Å². The lowest BCUT2D eigenvalue weighted by atomic mass is 9.93. The lowest BCUT2D eigenvalue weighted by Gasteiger charge is -2.32. The molecule has 0 radical (unpaired) electrons. The minimum absolute atomic E-state index is 0.0733. The van der Waals surface area contributed by atoms with Crippen LogP contribution in [0.4, 0.5) is 10.2 Å². The maximum Gasteiger partial charge on any atom is 0.185 e. The van der Waals surface area contributed by atoms with E-state index in [4.69, 9.17) is 0 Å². The van der Waals surface area contributed by atoms with Gasteiger partial charge in [-0.25, -0.2) is 9.37 Å². The number of alkyl halides is 1. The summed E-state index contributed by atoms with van der Waals surface area (Å²) in [5.74, 6) is 1.02. The number of hydrogen-bond donors (Lipinski definition) is 2. The van der Waals surface area contributed by atoms with Crippen LogP contribution in [0.2, 0.25) is 0 Å². The Balaban J connectivity index is 1.53. The number of aromatic amines is 1. The Bertz CT molecular complexity index is 899. The molecule has 8 heteroatoms. The number of aromatic nitrogens is 5. The Morgan fingerprint density at radius 3 is 2.74 bits per heavy atom. The second-order valence-electron chi connectivity index (χ2n) is 6.89. The molecule has 2 heterocycles. The van der Waals surface area contributed by atoms with Crippen LogP contribution < -0.4 is 4.90 Å². The highest BCUT2D eigenvalue weighted by molar-refractivity contribution is 5.72. The lowest BCUT2D eigenvalue weighted by molar-refractivity contribution is 0.229. The highest BCUT2D eigenvalue weighted by atomic mass is 19.1. The Morgan fingerprint density at radius 1 is 1.19 bits per heavy atom. The van der Waals surface area contributed by atoms with Crippen LogP contribution >= 0.6 is 0 Å². The zero-order chi connectivity index (χ0) is 18.8. The maximum absolute atomic E-state index is 13.7. The van der Waals surface area contributed by atoms with E-state index in [1.807, 2.05) is 18.0 Å². The first kappa shape index (κ1) is 17.4. The lowest BCUT2D eigenvalue weighted by Crippen LogP contribution is -2.37. The Hall–Kier alpha value is -3.03. The Morgan fingerprint density at radius 2 is 2.07 bits per heavy atom. The molecule has 1 aliphatic carbocycles. The minimum Gasteiger partial charge on any atom is -0.507 e. The quantitative estimate of drug-likeness (QED) is 0.734. The number of anilines is 1. The van der Waals surface area contributed by atoms with Crippen molar-refractivity contribution in [3.8, 4) is 28.3 Å². The van der Waals surface area contributed by atoms with Gasteiger partial charge >= 0.3 is 0 Å². The summed E-state index contributed by atoms with van der Waals surface area (Å²) in [6.07, 6.45) is 7.28. The van der Waals surface area contributed by atoms with Crippen molar-refractivity contribution >= 4 is 5.82 Å². The van der Waals surface area contributed by atoms with Crippen LogP contribution in [0.5, 0.6) is 5.75 Å². The van der Waals surface area contributed by atoms with Crippen molar-refractivity contribution in [2.24, 2.45) is 0 Å². The highest BCUT2D eigenvalue weighted by Gasteiger charge is 2.25. The molecule has 0 saturated heterocycles. The standard InChI is InChI=1S/C19H21FN6O/c1-26(15-4-2-3-14(20)8-15)18-11-21-19(25-24-18)16-6-5-12(7-17(16)27)13-9-22-23-10-13/h5-7,9-11,14-15,27H,2-4,8H2,1H3,(H,22,23)/t14-,15+/m0/s1. The van der Waals surface area contributed by atoms with Gasteiger partial charge in [-0.2, -0.15) is 5.10 Å². The van der Waals surface area contributed by atoms with Gasteiger partial charge in [-0.15, -0.1) is 10.2 Å². The van der Waals surface area contributed by atoms with Crippen LogP contribution in [0.1, 0.15) is 25.7 Å². The third-order valence-electron chi connectivity index (χ3n) is 5.11. The van der Waals surface area contributed by atoms with E-state index >= 15 is 0 Å². The molecule has 0 amide bonds. The summed E-state index contributed by atoms with van der Waals surface area (Å²) in [7, 11) is 1.89. The molecule has 2 atom stereocenters. The van der Waals surface area contributed by atoms with Gasteiger partial charge in [-0.3, -0.25) is 5.10 Å². The predicted molar refractivity (Wildman–Crippen MR) is 100 cm³/mol. The third kappa shape index (κ3) is 3.60. The summed E-state index contributed by atoms with van der Waals surface area (Å²) in [5.41, 5.74) is 2.23. The summed E-state index contributed by atoms with van der Waals surface area (Å²) in [6.45, 7) is 0. The second kappa shape index (κ2) is 7.30. The smallest absolute Gasteiger partial charge is 0.185 e. The molecule has 0 spiro atoms. The van der Waals surface area contributed by atoms with Crippen LogP contribution in [0.3, 0.4) is 0 Å². The Labute approximate surface area is 156 Å². The van der Waals surface area contributed by atoms with Gasteiger partial charge in [-0.05, 0) is 43.4 Å². The van der Waals surface area contributed by atoms with Gasteiger partial charge in [0.1, 0.15) is 11.9 Å². The van der Waals surface area contributed by atoms with Crippen LogP contribution in [-0.4, -0.2) is 49.7 Å². The van der Waals surface area contributed by atoms with E-state index in [9.17, 15) is 9.50 Å². The molecule has 0 unspecified atom stereocenters. The van der Waals surface area contributed by atoms with E-state index in [0.717, 1.165) is 24.0 Å². The normalized spacial score (nSPS) is 19.8. The van der Waals surface area contributed by atoms with Gasteiger partial charge in [-0.1, -0.05) is 6.07 Å². The van der Waals surface area contributed by atoms with Crippen molar-refractivity contribution in [2.45, 2.75) is 37.9 Å². The highest BCUT2D eigenvalue weighted by Crippen LogP contribution is 2.32. The number of H-pyrrole nitrogens is 1. The number of nitrogens with zero attached hydrogens (tertiary/aromatic N) is 5. The maximum atomic E-state index is 13.7. The fourth-order valence-corrected chi connectivity index (χ4v) is 3.51. The van der Waals surface area contributed by atoms with Crippen molar-refractivity contribution in [1.29, 1.82) is 0 Å². The van der Waals surface area contributed by atoms with Gasteiger partial charge < -0.3 is 10.0 Å². The second-order valence-corrected chi connectivity index (χ2v) is 6.89. The number of phenolic OH excluding ortho intramolecular Hbond substituents is 1. The van der Waals surface area contributed by atoms with Crippen molar-refractivity contribution < 1.29 is 9.50 Å². The number of hydrogen-bond acceptors (Lipinski definition) is 6. The van der Waals surface area contributed by atoms with Crippen LogP contribution in [0.25, 0.3) is 22.5 Å². The van der Waals surface area contributed by atoms with Crippen molar-refractivity contribution in [3.63, 3.8) is 0 Å². The molecule has 0 aliphatic heterocycles. The molecular formula is C19H21FN6O. The summed E-state index contributed by atoms with van der Waals surface area (Å²) < 4.78 is 13.7. The van der Waals surface area contributed by atoms with E-state index in [1.54, 1.807) is 30.7 Å². The molecule has 7 nitrogen and oxygen atoms in total. The third-order valence-corrected chi connectivity index (χ3v) is 5.11. The van der Waals surface area contributed by atoms with E-state index in [-0.39, 0.29) is 11.8 Å². The van der Waals surface area contributed by atoms with Crippen molar-refractivity contribution in [1.82, 2.24) is 25.4 Å². The fourth-order valence-electron chi connectivity index (χ4n) is 3.51. The molecule has 27 heavy (non-hydrogen) atoms. The average molecular weight is 368 g/mol. The molecule has 2 N–H and O–H groups in total. The van der Waals surface area contributed by atoms with E-state index < -0.39 is 6.17 Å². The largest absolute Gasteiger partial charge is 0.507 e. The Kier molecular flexibility index (Phi) is 4.70. The van der Waals surface area contributed by atoms with Gasteiger partial charge in [0.25, 0.3) is 0 Å². The number of rotatable bonds is 4. The summed E-state index contributed by atoms with van der Waals surface area (Å²) in [6, 6.07) is 5.38. The molecule has 0 bridgehead atoms. The first-order valence-corrected chi connectivity index (χ1v) is 9.01. The molecular weight excluding hydrogens is 347 g/mol. The predicted octanol–water partition coefficient (Wildman–Crippen LogP) is 3.35. The molecule has 4 rings (SSSR count). The molecule has 1 aromatic carbocycles. The number of nitrogens with one attached hydrogen (secondary N) is 1. The van der Waals surface area contributed by atoms with E-state index in [0.29, 0.717) is 30.0 Å². The van der Waals surface area contributed by atoms with Gasteiger partial charge in [0.05, 0.1) is 18.0 Å². The number of aromatic hydroxyl groups is 1. The SMILES string of the molecule is CN(c1cnc(-c2ccc(-c3cn[nH]c3)cc2O)nn1)[C@@H]1CCC[C@H](F)C1. The molecule has 2 aromatic heterocycles. The average Bonchev–Trinajstić information content (AvgIpc) is 3.22. The molecule has 1 fully saturated rings. The van der Waals surface area contributed by atoms with Gasteiger partial charge in [0.2, 0.25) is 0 Å². The topological polar surface area (TPSA) is 90.8 Å². The fraction of sp³-hybridized carbons (Fsp3) is 0.368. The first-order chi connectivity index (χ1) is 13.1. The minimum atomic E-state index is -0.753.